The van der Waals surface area contributed by atoms with E-state index in [1.807, 2.05) is 0 Å². The number of carbonyl (C=O) groups is 1. The first-order valence-corrected chi connectivity index (χ1v) is 8.88. The smallest absolute Gasteiger partial charge is 0.240 e. The second kappa shape index (κ2) is 7.65. The van der Waals surface area contributed by atoms with Gasteiger partial charge in [0, 0.05) is 18.5 Å². The summed E-state index contributed by atoms with van der Waals surface area (Å²) < 4.78 is 32.5. The SMILES string of the molecule is COc1ccc(S(=O)(=O)NCc2ccccc2Cl)cc1NC(C)=O. The van der Waals surface area contributed by atoms with Gasteiger partial charge in [0.1, 0.15) is 5.75 Å². The zero-order chi connectivity index (χ0) is 17.7. The lowest BCUT2D eigenvalue weighted by Gasteiger charge is -2.12. The molecule has 0 aromatic heterocycles. The van der Waals surface area contributed by atoms with E-state index in [2.05, 4.69) is 10.0 Å². The highest BCUT2D eigenvalue weighted by atomic mass is 35.5. The van der Waals surface area contributed by atoms with Crippen molar-refractivity contribution in [3.05, 3.63) is 53.1 Å². The van der Waals surface area contributed by atoms with E-state index in [1.54, 1.807) is 24.3 Å². The number of methoxy groups -OCH3 is 1. The predicted molar refractivity (Wildman–Crippen MR) is 92.8 cm³/mol. The van der Waals surface area contributed by atoms with Crippen LogP contribution in [0.5, 0.6) is 5.75 Å². The Hall–Kier alpha value is -2.09. The zero-order valence-corrected chi connectivity index (χ0v) is 14.7. The quantitative estimate of drug-likeness (QED) is 0.821. The van der Waals surface area contributed by atoms with E-state index in [9.17, 15) is 13.2 Å². The van der Waals surface area contributed by atoms with Crippen LogP contribution in [0.1, 0.15) is 12.5 Å². The summed E-state index contributed by atoms with van der Waals surface area (Å²) in [5.41, 5.74) is 0.948. The van der Waals surface area contributed by atoms with Crippen LogP contribution in [0.3, 0.4) is 0 Å². The average molecular weight is 369 g/mol. The monoisotopic (exact) mass is 368 g/mol. The van der Waals surface area contributed by atoms with E-state index in [0.29, 0.717) is 16.3 Å². The molecule has 2 aromatic rings. The van der Waals surface area contributed by atoms with Crippen molar-refractivity contribution in [3.63, 3.8) is 0 Å². The molecule has 0 unspecified atom stereocenters. The lowest BCUT2D eigenvalue weighted by atomic mass is 10.2. The van der Waals surface area contributed by atoms with Crippen molar-refractivity contribution in [3.8, 4) is 5.75 Å². The van der Waals surface area contributed by atoms with Gasteiger partial charge < -0.3 is 10.1 Å². The van der Waals surface area contributed by atoms with Crippen molar-refractivity contribution in [1.29, 1.82) is 0 Å². The Morgan fingerprint density at radius 1 is 1.21 bits per heavy atom. The molecule has 0 aliphatic rings. The van der Waals surface area contributed by atoms with Crippen molar-refractivity contribution in [2.75, 3.05) is 12.4 Å². The van der Waals surface area contributed by atoms with Crippen LogP contribution in [0, 0.1) is 0 Å². The van der Waals surface area contributed by atoms with Crippen LogP contribution in [-0.2, 0) is 21.4 Å². The minimum Gasteiger partial charge on any atom is -0.495 e. The first-order chi connectivity index (χ1) is 11.3. The minimum absolute atomic E-state index is 0.0131. The van der Waals surface area contributed by atoms with Gasteiger partial charge in [-0.15, -0.1) is 0 Å². The molecule has 6 nitrogen and oxygen atoms in total. The molecule has 0 aliphatic heterocycles. The molecule has 128 valence electrons. The fourth-order valence-electron chi connectivity index (χ4n) is 2.04. The Labute approximate surface area is 145 Å². The number of hydrogen-bond acceptors (Lipinski definition) is 4. The van der Waals surface area contributed by atoms with Crippen molar-refractivity contribution >= 4 is 33.2 Å². The van der Waals surface area contributed by atoms with Gasteiger partial charge in [-0.05, 0) is 29.8 Å². The van der Waals surface area contributed by atoms with Crippen LogP contribution in [0.25, 0.3) is 0 Å². The average Bonchev–Trinajstić information content (AvgIpc) is 2.53. The normalized spacial score (nSPS) is 11.1. The Bertz CT molecular complexity index is 853. The number of benzene rings is 2. The van der Waals surface area contributed by atoms with Crippen molar-refractivity contribution in [1.82, 2.24) is 4.72 Å². The Balaban J connectivity index is 2.25. The third-order valence-corrected chi connectivity index (χ3v) is 4.97. The molecule has 0 atom stereocenters. The van der Waals surface area contributed by atoms with E-state index < -0.39 is 10.0 Å². The second-order valence-corrected chi connectivity index (χ2v) is 7.13. The van der Waals surface area contributed by atoms with Crippen molar-refractivity contribution in [2.24, 2.45) is 0 Å². The molecule has 0 radical (unpaired) electrons. The molecule has 8 heteroatoms. The van der Waals surface area contributed by atoms with Gasteiger partial charge in [-0.1, -0.05) is 29.8 Å². The van der Waals surface area contributed by atoms with Crippen LogP contribution < -0.4 is 14.8 Å². The maximum Gasteiger partial charge on any atom is 0.240 e. The summed E-state index contributed by atoms with van der Waals surface area (Å²) in [5.74, 6) is 0.0436. The third kappa shape index (κ3) is 4.47. The Kier molecular flexibility index (Phi) is 5.82. The van der Waals surface area contributed by atoms with Gasteiger partial charge in [0.2, 0.25) is 15.9 Å². The molecular formula is C16H17ClN2O4S. The van der Waals surface area contributed by atoms with E-state index in [0.717, 1.165) is 0 Å². The van der Waals surface area contributed by atoms with Gasteiger partial charge in [0.15, 0.2) is 0 Å². The molecular weight excluding hydrogens is 352 g/mol. The highest BCUT2D eigenvalue weighted by molar-refractivity contribution is 7.89. The number of amides is 1. The topological polar surface area (TPSA) is 84.5 Å². The molecule has 0 saturated heterocycles. The molecule has 0 heterocycles. The fourth-order valence-corrected chi connectivity index (χ4v) is 3.27. The summed E-state index contributed by atoms with van der Waals surface area (Å²) in [4.78, 5) is 11.3. The number of nitrogens with one attached hydrogen (secondary N) is 2. The van der Waals surface area contributed by atoms with E-state index in [4.69, 9.17) is 16.3 Å². The highest BCUT2D eigenvalue weighted by Gasteiger charge is 2.17. The molecule has 0 spiro atoms. The van der Waals surface area contributed by atoms with Gasteiger partial charge in [-0.25, -0.2) is 13.1 Å². The summed E-state index contributed by atoms with van der Waals surface area (Å²) in [6.07, 6.45) is 0. The largest absolute Gasteiger partial charge is 0.495 e. The molecule has 0 aliphatic carbocycles. The van der Waals surface area contributed by atoms with E-state index in [-0.39, 0.29) is 23.0 Å². The van der Waals surface area contributed by atoms with E-state index >= 15 is 0 Å². The third-order valence-electron chi connectivity index (χ3n) is 3.20. The lowest BCUT2D eigenvalue weighted by Crippen LogP contribution is -2.23. The summed E-state index contributed by atoms with van der Waals surface area (Å²) in [7, 11) is -2.34. The minimum atomic E-state index is -3.77. The van der Waals surface area contributed by atoms with Crippen molar-refractivity contribution < 1.29 is 17.9 Å². The van der Waals surface area contributed by atoms with Crippen LogP contribution >= 0.6 is 11.6 Å². The summed E-state index contributed by atoms with van der Waals surface area (Å²) >= 11 is 6.02. The van der Waals surface area contributed by atoms with Crippen LogP contribution in [-0.4, -0.2) is 21.4 Å². The van der Waals surface area contributed by atoms with Gasteiger partial charge in [0.25, 0.3) is 0 Å². The molecule has 0 fully saturated rings. The molecule has 2 rings (SSSR count). The second-order valence-electron chi connectivity index (χ2n) is 4.96. The lowest BCUT2D eigenvalue weighted by molar-refractivity contribution is -0.114. The van der Waals surface area contributed by atoms with Gasteiger partial charge in [-0.3, -0.25) is 4.79 Å². The molecule has 2 aromatic carbocycles. The Morgan fingerprint density at radius 3 is 2.54 bits per heavy atom. The van der Waals surface area contributed by atoms with Gasteiger partial charge in [-0.2, -0.15) is 0 Å². The first-order valence-electron chi connectivity index (χ1n) is 7.02. The fraction of sp³-hybridized carbons (Fsp3) is 0.188. The summed E-state index contributed by atoms with van der Waals surface area (Å²) in [6, 6.07) is 11.2. The molecule has 2 N–H and O–H groups in total. The number of rotatable bonds is 6. The van der Waals surface area contributed by atoms with Crippen LogP contribution in [0.15, 0.2) is 47.4 Å². The predicted octanol–water partition coefficient (Wildman–Crippen LogP) is 2.79. The number of ether oxygens (including phenoxy) is 1. The zero-order valence-electron chi connectivity index (χ0n) is 13.2. The maximum absolute atomic E-state index is 12.4. The number of halogens is 1. The molecule has 0 bridgehead atoms. The number of hydrogen-bond donors (Lipinski definition) is 2. The van der Waals surface area contributed by atoms with Gasteiger partial charge in [0.05, 0.1) is 17.7 Å². The molecule has 0 saturated carbocycles. The Morgan fingerprint density at radius 2 is 1.92 bits per heavy atom. The van der Waals surface area contributed by atoms with Gasteiger partial charge >= 0.3 is 0 Å². The summed E-state index contributed by atoms with van der Waals surface area (Å²) in [6.45, 7) is 1.39. The van der Waals surface area contributed by atoms with Crippen molar-refractivity contribution in [2.45, 2.75) is 18.4 Å². The molecule has 1 amide bonds. The number of sulfonamides is 1. The summed E-state index contributed by atoms with van der Waals surface area (Å²) in [5, 5.41) is 3.02. The standard InChI is InChI=1S/C16H17ClN2O4S/c1-11(20)19-15-9-13(7-8-16(15)23-2)24(21,22)18-10-12-5-3-4-6-14(12)17/h3-9,18H,10H2,1-2H3,(H,19,20). The van der Waals surface area contributed by atoms with Crippen LogP contribution in [0.2, 0.25) is 5.02 Å². The van der Waals surface area contributed by atoms with Crippen LogP contribution in [0.4, 0.5) is 5.69 Å². The van der Waals surface area contributed by atoms with E-state index in [1.165, 1.54) is 32.2 Å². The highest BCUT2D eigenvalue weighted by Crippen LogP contribution is 2.27. The first kappa shape index (κ1) is 18.3. The molecule has 24 heavy (non-hydrogen) atoms. The maximum atomic E-state index is 12.4. The number of anilines is 1. The number of carbonyl (C=O) groups excluding carboxylic acids is 1.